The van der Waals surface area contributed by atoms with E-state index in [4.69, 9.17) is 9.56 Å². The molecule has 1 heterocycles. The molecule has 0 saturated carbocycles. The first-order valence-corrected chi connectivity index (χ1v) is 7.42. The predicted molar refractivity (Wildman–Crippen MR) is 75.2 cm³/mol. The van der Waals surface area contributed by atoms with E-state index in [0.717, 1.165) is 5.56 Å². The summed E-state index contributed by atoms with van der Waals surface area (Å²) in [6, 6.07) is 7.16. The monoisotopic (exact) mass is 311 g/mol. The Morgan fingerprint density at radius 3 is 2.62 bits per heavy atom. The lowest BCUT2D eigenvalue weighted by atomic mass is 10.2. The fraction of sp³-hybridized carbons (Fsp3) is 0.167. The zero-order valence-electron chi connectivity index (χ0n) is 11.1. The van der Waals surface area contributed by atoms with Crippen LogP contribution in [0, 0.1) is 17.0 Å². The first kappa shape index (κ1) is 15.0. The van der Waals surface area contributed by atoms with Gasteiger partial charge in [-0.2, -0.15) is 0 Å². The molecule has 2 rings (SSSR count). The smallest absolute Gasteiger partial charge is 0.271 e. The highest BCUT2D eigenvalue weighted by atomic mass is 32.2. The molecule has 2 aromatic rings. The van der Waals surface area contributed by atoms with Crippen molar-refractivity contribution in [2.75, 3.05) is 5.32 Å². The van der Waals surface area contributed by atoms with Gasteiger partial charge in [-0.3, -0.25) is 10.1 Å². The number of sulfonamides is 1. The topological polar surface area (TPSA) is 128 Å². The number of aryl methyl sites for hydroxylation is 1. The average Bonchev–Trinajstić information content (AvgIpc) is 2.86. The number of nitro groups is 1. The number of hydrogen-bond donors (Lipinski definition) is 2. The summed E-state index contributed by atoms with van der Waals surface area (Å²) in [5.41, 5.74) is 1.35. The summed E-state index contributed by atoms with van der Waals surface area (Å²) in [4.78, 5) is 10.2. The molecule has 0 aliphatic carbocycles. The summed E-state index contributed by atoms with van der Waals surface area (Å²) < 4.78 is 27.2. The van der Waals surface area contributed by atoms with E-state index in [0.29, 0.717) is 11.4 Å². The van der Waals surface area contributed by atoms with Crippen LogP contribution in [0.15, 0.2) is 39.8 Å². The summed E-state index contributed by atoms with van der Waals surface area (Å²) in [6.45, 7) is 1.97. The van der Waals surface area contributed by atoms with E-state index in [9.17, 15) is 18.5 Å². The Balaban J connectivity index is 2.15. The minimum absolute atomic E-state index is 0.0345. The molecule has 21 heavy (non-hydrogen) atoms. The number of nitrogens with two attached hydrogens (primary N) is 1. The number of non-ortho nitro benzene ring substituents is 1. The molecular weight excluding hydrogens is 298 g/mol. The van der Waals surface area contributed by atoms with Gasteiger partial charge in [0, 0.05) is 17.8 Å². The zero-order chi connectivity index (χ0) is 15.6. The number of nitro benzene ring substituents is 1. The molecule has 1 aromatic heterocycles. The lowest BCUT2D eigenvalue weighted by Gasteiger charge is -2.07. The molecule has 0 spiro atoms. The third-order valence-electron chi connectivity index (χ3n) is 2.80. The Morgan fingerprint density at radius 1 is 1.33 bits per heavy atom. The molecular formula is C12H13N3O5S. The minimum Gasteiger partial charge on any atom is -0.446 e. The quantitative estimate of drug-likeness (QED) is 0.639. The fourth-order valence-corrected chi connectivity index (χ4v) is 2.18. The van der Waals surface area contributed by atoms with Gasteiger partial charge in [-0.25, -0.2) is 13.6 Å². The number of nitrogens with zero attached hydrogens (tertiary/aromatic N) is 1. The molecule has 3 N–H and O–H groups in total. The van der Waals surface area contributed by atoms with E-state index in [1.165, 1.54) is 24.3 Å². The largest absolute Gasteiger partial charge is 0.446 e. The lowest BCUT2D eigenvalue weighted by molar-refractivity contribution is -0.384. The summed E-state index contributed by atoms with van der Waals surface area (Å²) >= 11 is 0. The van der Waals surface area contributed by atoms with Crippen LogP contribution in [-0.2, 0) is 16.6 Å². The van der Waals surface area contributed by atoms with Crippen LogP contribution in [0.4, 0.5) is 11.4 Å². The van der Waals surface area contributed by atoms with E-state index in [1.807, 2.05) is 0 Å². The van der Waals surface area contributed by atoms with Crippen molar-refractivity contribution in [2.24, 2.45) is 5.14 Å². The van der Waals surface area contributed by atoms with Gasteiger partial charge in [0.05, 0.1) is 11.5 Å². The van der Waals surface area contributed by atoms with Gasteiger partial charge in [-0.05, 0) is 24.6 Å². The first-order valence-electron chi connectivity index (χ1n) is 5.88. The van der Waals surface area contributed by atoms with Crippen molar-refractivity contribution in [3.8, 4) is 0 Å². The molecule has 0 aliphatic rings. The summed E-state index contributed by atoms with van der Waals surface area (Å²) in [6.07, 6.45) is 0. The molecule has 0 saturated heterocycles. The van der Waals surface area contributed by atoms with Crippen molar-refractivity contribution >= 4 is 21.4 Å². The number of rotatable bonds is 5. The van der Waals surface area contributed by atoms with Crippen molar-refractivity contribution in [3.63, 3.8) is 0 Å². The molecule has 0 aliphatic heterocycles. The Labute approximate surface area is 120 Å². The Morgan fingerprint density at radius 2 is 2.05 bits per heavy atom. The summed E-state index contributed by atoms with van der Waals surface area (Å²) in [5, 5.41) is 18.3. The van der Waals surface area contributed by atoms with E-state index in [2.05, 4.69) is 5.32 Å². The molecule has 0 atom stereocenters. The third kappa shape index (κ3) is 3.58. The van der Waals surface area contributed by atoms with E-state index in [1.54, 1.807) is 13.0 Å². The molecule has 0 bridgehead atoms. The van der Waals surface area contributed by atoms with Gasteiger partial charge in [0.15, 0.2) is 0 Å². The van der Waals surface area contributed by atoms with Crippen LogP contribution in [0.25, 0.3) is 0 Å². The average molecular weight is 311 g/mol. The van der Waals surface area contributed by atoms with Crippen LogP contribution < -0.4 is 10.5 Å². The second-order valence-electron chi connectivity index (χ2n) is 4.38. The van der Waals surface area contributed by atoms with Gasteiger partial charge in [-0.15, -0.1) is 0 Å². The number of hydrogen-bond acceptors (Lipinski definition) is 6. The molecule has 0 unspecified atom stereocenters. The van der Waals surface area contributed by atoms with E-state index < -0.39 is 14.9 Å². The summed E-state index contributed by atoms with van der Waals surface area (Å²) in [5.74, 6) is 0.352. The van der Waals surface area contributed by atoms with Gasteiger partial charge in [0.2, 0.25) is 5.09 Å². The van der Waals surface area contributed by atoms with Gasteiger partial charge in [-0.1, -0.05) is 6.07 Å². The van der Waals surface area contributed by atoms with Gasteiger partial charge in [0.1, 0.15) is 5.76 Å². The number of anilines is 1. The maximum absolute atomic E-state index is 11.1. The van der Waals surface area contributed by atoms with Crippen LogP contribution in [0.1, 0.15) is 11.3 Å². The maximum atomic E-state index is 11.1. The highest BCUT2D eigenvalue weighted by Gasteiger charge is 2.14. The lowest BCUT2D eigenvalue weighted by Crippen LogP contribution is -2.10. The highest BCUT2D eigenvalue weighted by molar-refractivity contribution is 7.89. The SMILES string of the molecule is Cc1ccc([N+](=O)[O-])cc1NCc1ccc(S(N)(=O)=O)o1. The Bertz CT molecular complexity index is 782. The minimum atomic E-state index is -3.87. The number of benzene rings is 1. The Kier molecular flexibility index (Phi) is 3.96. The predicted octanol–water partition coefficient (Wildman–Crippen LogP) is 1.76. The maximum Gasteiger partial charge on any atom is 0.271 e. The number of nitrogens with one attached hydrogen (secondary N) is 1. The second-order valence-corrected chi connectivity index (χ2v) is 5.87. The number of furan rings is 1. The number of primary sulfonamides is 1. The van der Waals surface area contributed by atoms with E-state index in [-0.39, 0.29) is 17.3 Å². The zero-order valence-corrected chi connectivity index (χ0v) is 11.9. The molecule has 0 amide bonds. The van der Waals surface area contributed by atoms with Crippen molar-refractivity contribution in [1.82, 2.24) is 0 Å². The van der Waals surface area contributed by atoms with Crippen LogP contribution >= 0.6 is 0 Å². The Hall–Kier alpha value is -2.39. The second kappa shape index (κ2) is 5.54. The van der Waals surface area contributed by atoms with Crippen LogP contribution in [0.3, 0.4) is 0 Å². The normalized spacial score (nSPS) is 11.3. The fourth-order valence-electron chi connectivity index (χ4n) is 1.70. The molecule has 1 aromatic carbocycles. The molecule has 8 nitrogen and oxygen atoms in total. The van der Waals surface area contributed by atoms with Crippen molar-refractivity contribution < 1.29 is 17.8 Å². The highest BCUT2D eigenvalue weighted by Crippen LogP contribution is 2.23. The molecule has 0 fully saturated rings. The van der Waals surface area contributed by atoms with Crippen molar-refractivity contribution in [2.45, 2.75) is 18.6 Å². The van der Waals surface area contributed by atoms with Gasteiger partial charge < -0.3 is 9.73 Å². The van der Waals surface area contributed by atoms with Gasteiger partial charge >= 0.3 is 0 Å². The van der Waals surface area contributed by atoms with Crippen LogP contribution in [0.5, 0.6) is 0 Å². The third-order valence-corrected chi connectivity index (χ3v) is 3.58. The van der Waals surface area contributed by atoms with Crippen molar-refractivity contribution in [3.05, 3.63) is 51.8 Å². The standard InChI is InChI=1S/C12H13N3O5S/c1-8-2-3-9(15(16)17)6-11(8)14-7-10-4-5-12(20-10)21(13,18)19/h2-6,14H,7H2,1H3,(H2,13,18,19). The van der Waals surface area contributed by atoms with Gasteiger partial charge in [0.25, 0.3) is 15.7 Å². The summed E-state index contributed by atoms with van der Waals surface area (Å²) in [7, 11) is -3.87. The molecule has 0 radical (unpaired) electrons. The molecule has 112 valence electrons. The molecule has 9 heteroatoms. The van der Waals surface area contributed by atoms with Crippen LogP contribution in [-0.4, -0.2) is 13.3 Å². The first-order chi connectivity index (χ1) is 9.77. The van der Waals surface area contributed by atoms with E-state index >= 15 is 0 Å². The van der Waals surface area contributed by atoms with Crippen LogP contribution in [0.2, 0.25) is 0 Å². The van der Waals surface area contributed by atoms with Crippen molar-refractivity contribution in [1.29, 1.82) is 0 Å².